The van der Waals surface area contributed by atoms with Crippen molar-refractivity contribution in [3.63, 3.8) is 0 Å². The van der Waals surface area contributed by atoms with Crippen molar-refractivity contribution in [1.29, 1.82) is 0 Å². The van der Waals surface area contributed by atoms with Crippen LogP contribution >= 0.6 is 11.6 Å². The van der Waals surface area contributed by atoms with Gasteiger partial charge in [0.25, 0.3) is 0 Å². The van der Waals surface area contributed by atoms with Gasteiger partial charge in [0.15, 0.2) is 0 Å². The summed E-state index contributed by atoms with van der Waals surface area (Å²) in [5.74, 6) is -0.134. The summed E-state index contributed by atoms with van der Waals surface area (Å²) in [7, 11) is 0. The highest BCUT2D eigenvalue weighted by Crippen LogP contribution is 2.25. The molecule has 0 bridgehead atoms. The Hall–Kier alpha value is -1.68. The molecule has 19 heavy (non-hydrogen) atoms. The first-order valence-electron chi connectivity index (χ1n) is 6.26. The molecule has 0 saturated heterocycles. The molecule has 0 fully saturated rings. The van der Waals surface area contributed by atoms with Crippen LogP contribution in [0.2, 0.25) is 5.02 Å². The number of hydrogen-bond acceptors (Lipinski definition) is 3. The van der Waals surface area contributed by atoms with E-state index >= 15 is 0 Å². The van der Waals surface area contributed by atoms with Crippen molar-refractivity contribution in [2.24, 2.45) is 0 Å². The lowest BCUT2D eigenvalue weighted by Crippen LogP contribution is -2.22. The fraction of sp³-hybridized carbons (Fsp3) is 0.357. The summed E-state index contributed by atoms with van der Waals surface area (Å²) in [6, 6.07) is 5.47. The zero-order valence-electron chi connectivity index (χ0n) is 10.8. The standard InChI is InChI=1S/C14H17ClN2O2/c1-10(18)17-14-6-5-11(8-13(14)15)16-9-12-4-2-3-7-19-12/h3,5-8,12,16H,2,4,9H2,1H3,(H,17,18). The Bertz CT molecular complexity index is 488. The van der Waals surface area contributed by atoms with E-state index in [4.69, 9.17) is 16.3 Å². The first-order chi connectivity index (χ1) is 9.15. The molecule has 1 aromatic carbocycles. The predicted octanol–water partition coefficient (Wildman–Crippen LogP) is 3.40. The van der Waals surface area contributed by atoms with Crippen LogP contribution in [0.3, 0.4) is 0 Å². The van der Waals surface area contributed by atoms with Crippen LogP contribution in [-0.2, 0) is 9.53 Å². The zero-order chi connectivity index (χ0) is 13.7. The highest BCUT2D eigenvalue weighted by molar-refractivity contribution is 6.34. The van der Waals surface area contributed by atoms with Gasteiger partial charge in [0.2, 0.25) is 5.91 Å². The number of allylic oxidation sites excluding steroid dienone is 1. The quantitative estimate of drug-likeness (QED) is 0.889. The molecular formula is C14H17ClN2O2. The Labute approximate surface area is 117 Å². The fourth-order valence-electron chi connectivity index (χ4n) is 1.88. The fourth-order valence-corrected chi connectivity index (χ4v) is 2.11. The van der Waals surface area contributed by atoms with E-state index in [1.54, 1.807) is 18.4 Å². The number of ether oxygens (including phenoxy) is 1. The van der Waals surface area contributed by atoms with Gasteiger partial charge in [0, 0.05) is 12.6 Å². The third kappa shape index (κ3) is 4.17. The van der Waals surface area contributed by atoms with Gasteiger partial charge in [-0.1, -0.05) is 11.6 Å². The Balaban J connectivity index is 1.92. The van der Waals surface area contributed by atoms with Crippen molar-refractivity contribution in [1.82, 2.24) is 0 Å². The van der Waals surface area contributed by atoms with Gasteiger partial charge in [-0.3, -0.25) is 4.79 Å². The Morgan fingerprint density at radius 1 is 1.53 bits per heavy atom. The molecule has 1 aliphatic heterocycles. The van der Waals surface area contributed by atoms with Crippen LogP contribution in [0.4, 0.5) is 11.4 Å². The van der Waals surface area contributed by atoms with Crippen molar-refractivity contribution in [3.8, 4) is 0 Å². The third-order valence-electron chi connectivity index (χ3n) is 2.84. The summed E-state index contributed by atoms with van der Waals surface area (Å²) in [5, 5.41) is 6.47. The number of carbonyl (C=O) groups is 1. The molecule has 0 aromatic heterocycles. The number of halogens is 1. The highest BCUT2D eigenvalue weighted by Gasteiger charge is 2.11. The maximum atomic E-state index is 11.0. The first kappa shape index (κ1) is 13.7. The molecule has 1 heterocycles. The van der Waals surface area contributed by atoms with Gasteiger partial charge in [-0.15, -0.1) is 0 Å². The van der Waals surface area contributed by atoms with Crippen LogP contribution < -0.4 is 10.6 Å². The topological polar surface area (TPSA) is 50.4 Å². The van der Waals surface area contributed by atoms with Gasteiger partial charge in [-0.05, 0) is 37.1 Å². The number of amides is 1. The van der Waals surface area contributed by atoms with E-state index in [0.29, 0.717) is 10.7 Å². The lowest BCUT2D eigenvalue weighted by atomic mass is 10.1. The molecule has 0 saturated carbocycles. The minimum Gasteiger partial charge on any atom is -0.497 e. The van der Waals surface area contributed by atoms with Crippen molar-refractivity contribution >= 4 is 28.9 Å². The maximum absolute atomic E-state index is 11.0. The molecule has 2 N–H and O–H groups in total. The average Bonchev–Trinajstić information content (AvgIpc) is 2.40. The second-order valence-corrected chi connectivity index (χ2v) is 4.87. The number of rotatable bonds is 4. The molecule has 1 aliphatic rings. The van der Waals surface area contributed by atoms with Crippen LogP contribution in [0.25, 0.3) is 0 Å². The number of benzene rings is 1. The first-order valence-corrected chi connectivity index (χ1v) is 6.64. The molecule has 1 unspecified atom stereocenters. The Morgan fingerprint density at radius 3 is 3.00 bits per heavy atom. The molecule has 0 radical (unpaired) electrons. The van der Waals surface area contributed by atoms with Crippen LogP contribution in [-0.4, -0.2) is 18.6 Å². The van der Waals surface area contributed by atoms with Gasteiger partial charge in [-0.25, -0.2) is 0 Å². The monoisotopic (exact) mass is 280 g/mol. The Morgan fingerprint density at radius 2 is 2.37 bits per heavy atom. The molecule has 5 heteroatoms. The van der Waals surface area contributed by atoms with Crippen LogP contribution in [0.1, 0.15) is 19.8 Å². The van der Waals surface area contributed by atoms with Crippen molar-refractivity contribution in [3.05, 3.63) is 35.6 Å². The van der Waals surface area contributed by atoms with Crippen molar-refractivity contribution in [2.45, 2.75) is 25.9 Å². The molecule has 0 spiro atoms. The Kier molecular flexibility index (Phi) is 4.68. The summed E-state index contributed by atoms with van der Waals surface area (Å²) in [4.78, 5) is 11.0. The van der Waals surface area contributed by atoms with Gasteiger partial charge in [0.1, 0.15) is 6.10 Å². The molecule has 1 atom stereocenters. The average molecular weight is 281 g/mol. The number of carbonyl (C=O) groups excluding carboxylic acids is 1. The predicted molar refractivity (Wildman–Crippen MR) is 77.5 cm³/mol. The lowest BCUT2D eigenvalue weighted by molar-refractivity contribution is -0.114. The summed E-state index contributed by atoms with van der Waals surface area (Å²) >= 11 is 6.10. The summed E-state index contributed by atoms with van der Waals surface area (Å²) in [5.41, 5.74) is 1.54. The van der Waals surface area contributed by atoms with Crippen molar-refractivity contribution < 1.29 is 9.53 Å². The smallest absolute Gasteiger partial charge is 0.221 e. The molecular weight excluding hydrogens is 264 g/mol. The molecule has 102 valence electrons. The van der Waals surface area contributed by atoms with Crippen LogP contribution in [0.5, 0.6) is 0 Å². The largest absolute Gasteiger partial charge is 0.497 e. The highest BCUT2D eigenvalue weighted by atomic mass is 35.5. The van der Waals surface area contributed by atoms with Gasteiger partial charge >= 0.3 is 0 Å². The number of nitrogens with one attached hydrogen (secondary N) is 2. The second-order valence-electron chi connectivity index (χ2n) is 4.46. The summed E-state index contributed by atoms with van der Waals surface area (Å²) in [6.07, 6.45) is 6.03. The van der Waals surface area contributed by atoms with E-state index in [-0.39, 0.29) is 12.0 Å². The van der Waals surface area contributed by atoms with Gasteiger partial charge in [0.05, 0.1) is 23.5 Å². The van der Waals surface area contributed by atoms with Crippen LogP contribution in [0.15, 0.2) is 30.5 Å². The molecule has 2 rings (SSSR count). The molecule has 0 aliphatic carbocycles. The molecule has 4 nitrogen and oxygen atoms in total. The zero-order valence-corrected chi connectivity index (χ0v) is 11.5. The third-order valence-corrected chi connectivity index (χ3v) is 3.15. The van der Waals surface area contributed by atoms with E-state index in [9.17, 15) is 4.79 Å². The normalized spacial score (nSPS) is 17.7. The number of anilines is 2. The summed E-state index contributed by atoms with van der Waals surface area (Å²) < 4.78 is 5.47. The van der Waals surface area contributed by atoms with E-state index in [1.807, 2.05) is 12.1 Å². The van der Waals surface area contributed by atoms with E-state index in [2.05, 4.69) is 10.6 Å². The minimum atomic E-state index is -0.134. The van der Waals surface area contributed by atoms with E-state index < -0.39 is 0 Å². The van der Waals surface area contributed by atoms with Gasteiger partial charge < -0.3 is 15.4 Å². The molecule has 1 aromatic rings. The summed E-state index contributed by atoms with van der Waals surface area (Å²) in [6.45, 7) is 2.19. The molecule has 1 amide bonds. The van der Waals surface area contributed by atoms with Gasteiger partial charge in [-0.2, -0.15) is 0 Å². The van der Waals surface area contributed by atoms with E-state index in [1.165, 1.54) is 6.92 Å². The van der Waals surface area contributed by atoms with Crippen molar-refractivity contribution in [2.75, 3.05) is 17.2 Å². The number of hydrogen-bond donors (Lipinski definition) is 2. The minimum absolute atomic E-state index is 0.134. The lowest BCUT2D eigenvalue weighted by Gasteiger charge is -2.20. The SMILES string of the molecule is CC(=O)Nc1ccc(NCC2CCC=CO2)cc1Cl. The second kappa shape index (κ2) is 6.48. The maximum Gasteiger partial charge on any atom is 0.221 e. The van der Waals surface area contributed by atoms with Crippen LogP contribution in [0, 0.1) is 0 Å². The van der Waals surface area contributed by atoms with E-state index in [0.717, 1.165) is 25.1 Å².